The Kier molecular flexibility index (Phi) is 5.24. The Morgan fingerprint density at radius 2 is 2.06 bits per heavy atom. The number of thioether (sulfide) groups is 1. The minimum Gasteiger partial charge on any atom is -0.415 e. The summed E-state index contributed by atoms with van der Waals surface area (Å²) in [7, 11) is 0. The van der Waals surface area contributed by atoms with Crippen molar-refractivity contribution in [1.82, 2.24) is 10.2 Å². The fourth-order valence-corrected chi connectivity index (χ4v) is 1.54. The second kappa shape index (κ2) is 6.22. The molecule has 16 heavy (non-hydrogen) atoms. The quantitative estimate of drug-likeness (QED) is 0.605. The Labute approximate surface area is 99.6 Å². The van der Waals surface area contributed by atoms with Gasteiger partial charge in [0.1, 0.15) is 0 Å². The van der Waals surface area contributed by atoms with Crippen LogP contribution in [-0.2, 0) is 10.2 Å². The molecule has 92 valence electrons. The van der Waals surface area contributed by atoms with E-state index in [1.54, 1.807) is 0 Å². The van der Waals surface area contributed by atoms with Crippen LogP contribution in [0.2, 0.25) is 0 Å². The van der Waals surface area contributed by atoms with Crippen molar-refractivity contribution in [3.05, 3.63) is 5.89 Å². The van der Waals surface area contributed by atoms with Crippen LogP contribution in [0.5, 0.6) is 0 Å². The van der Waals surface area contributed by atoms with Crippen molar-refractivity contribution in [1.29, 1.82) is 0 Å². The number of aliphatic hydroxyl groups is 1. The van der Waals surface area contributed by atoms with Gasteiger partial charge < -0.3 is 14.3 Å². The first-order valence-corrected chi connectivity index (χ1v) is 6.18. The van der Waals surface area contributed by atoms with Crippen molar-refractivity contribution in [2.45, 2.75) is 31.4 Å². The predicted molar refractivity (Wildman–Crippen MR) is 61.6 cm³/mol. The van der Waals surface area contributed by atoms with E-state index in [0.29, 0.717) is 24.3 Å². The molecule has 0 aliphatic carbocycles. The first kappa shape index (κ1) is 13.5. The van der Waals surface area contributed by atoms with Crippen molar-refractivity contribution in [3.8, 4) is 0 Å². The van der Waals surface area contributed by atoms with Crippen molar-refractivity contribution in [2.24, 2.45) is 0 Å². The largest absolute Gasteiger partial charge is 0.415 e. The molecule has 0 unspecified atom stereocenters. The summed E-state index contributed by atoms with van der Waals surface area (Å²) >= 11 is 1.46. The molecule has 1 heterocycles. The smallest absolute Gasteiger partial charge is 0.276 e. The number of aliphatic hydroxyl groups excluding tert-OH is 1. The van der Waals surface area contributed by atoms with Crippen LogP contribution in [0.3, 0.4) is 0 Å². The molecule has 0 aliphatic heterocycles. The molecule has 0 amide bonds. The van der Waals surface area contributed by atoms with Gasteiger partial charge in [0.2, 0.25) is 5.89 Å². The molecule has 1 rings (SSSR count). The first-order chi connectivity index (χ1) is 7.54. The second-order valence-electron chi connectivity index (χ2n) is 4.31. The summed E-state index contributed by atoms with van der Waals surface area (Å²) in [6, 6.07) is 0. The monoisotopic (exact) mass is 246 g/mol. The van der Waals surface area contributed by atoms with E-state index >= 15 is 0 Å². The number of ether oxygens (including phenoxy) is 1. The average molecular weight is 246 g/mol. The summed E-state index contributed by atoms with van der Waals surface area (Å²) in [5, 5.41) is 17.0. The number of rotatable bonds is 6. The molecular weight excluding hydrogens is 228 g/mol. The van der Waals surface area contributed by atoms with Gasteiger partial charge in [-0.15, -0.1) is 10.2 Å². The van der Waals surface area contributed by atoms with Crippen LogP contribution in [0.1, 0.15) is 26.7 Å². The molecule has 1 aromatic rings. The Balaban J connectivity index is 2.30. The lowest BCUT2D eigenvalue weighted by atomic mass is 9.97. The van der Waals surface area contributed by atoms with Gasteiger partial charge in [-0.1, -0.05) is 32.5 Å². The van der Waals surface area contributed by atoms with E-state index in [-0.39, 0.29) is 12.0 Å². The maximum Gasteiger partial charge on any atom is 0.276 e. The lowest BCUT2D eigenvalue weighted by Crippen LogP contribution is -2.11. The van der Waals surface area contributed by atoms with Crippen LogP contribution in [0.4, 0.5) is 0 Å². The summed E-state index contributed by atoms with van der Waals surface area (Å²) in [6.07, 6.45) is 0. The molecule has 0 saturated heterocycles. The summed E-state index contributed by atoms with van der Waals surface area (Å²) in [4.78, 5) is 0. The van der Waals surface area contributed by atoms with Gasteiger partial charge in [0.05, 0.1) is 19.8 Å². The van der Waals surface area contributed by atoms with Gasteiger partial charge in [0.25, 0.3) is 5.22 Å². The van der Waals surface area contributed by atoms with E-state index in [1.165, 1.54) is 11.8 Å². The van der Waals surface area contributed by atoms with E-state index in [2.05, 4.69) is 10.2 Å². The van der Waals surface area contributed by atoms with E-state index in [9.17, 15) is 0 Å². The number of hydrogen-bond acceptors (Lipinski definition) is 6. The zero-order valence-corrected chi connectivity index (χ0v) is 10.7. The Bertz CT molecular complexity index is 309. The fraction of sp³-hybridized carbons (Fsp3) is 0.800. The SMILES string of the molecule is CC(C)(C)c1nnc(SCCOCCO)o1. The maximum atomic E-state index is 8.50. The lowest BCUT2D eigenvalue weighted by Gasteiger charge is -2.10. The second-order valence-corrected chi connectivity index (χ2v) is 5.35. The van der Waals surface area contributed by atoms with Gasteiger partial charge in [-0.25, -0.2) is 0 Å². The third-order valence-electron chi connectivity index (χ3n) is 1.74. The molecule has 6 heteroatoms. The van der Waals surface area contributed by atoms with E-state index in [4.69, 9.17) is 14.3 Å². The topological polar surface area (TPSA) is 68.4 Å². The van der Waals surface area contributed by atoms with Crippen LogP contribution in [-0.4, -0.2) is 40.9 Å². The molecule has 0 atom stereocenters. The molecule has 0 aliphatic rings. The van der Waals surface area contributed by atoms with Gasteiger partial charge in [-0.3, -0.25) is 0 Å². The summed E-state index contributed by atoms with van der Waals surface area (Å²) in [5.74, 6) is 1.39. The van der Waals surface area contributed by atoms with Gasteiger partial charge in [0, 0.05) is 11.2 Å². The van der Waals surface area contributed by atoms with Crippen LogP contribution < -0.4 is 0 Å². The molecule has 0 bridgehead atoms. The maximum absolute atomic E-state index is 8.50. The third-order valence-corrected chi connectivity index (χ3v) is 2.52. The number of nitrogens with zero attached hydrogens (tertiary/aromatic N) is 2. The third kappa shape index (κ3) is 4.51. The van der Waals surface area contributed by atoms with E-state index < -0.39 is 0 Å². The van der Waals surface area contributed by atoms with Gasteiger partial charge in [-0.2, -0.15) is 0 Å². The van der Waals surface area contributed by atoms with Crippen LogP contribution in [0, 0.1) is 0 Å². The van der Waals surface area contributed by atoms with Gasteiger partial charge in [-0.05, 0) is 0 Å². The van der Waals surface area contributed by atoms with Crippen LogP contribution >= 0.6 is 11.8 Å². The molecule has 0 saturated carbocycles. The standard InChI is InChI=1S/C10H18N2O3S/c1-10(2,3)8-11-12-9(15-8)16-7-6-14-5-4-13/h13H,4-7H2,1-3H3. The fourth-order valence-electron chi connectivity index (χ4n) is 0.926. The van der Waals surface area contributed by atoms with E-state index in [0.717, 1.165) is 5.75 Å². The molecular formula is C10H18N2O3S. The molecule has 0 radical (unpaired) electrons. The van der Waals surface area contributed by atoms with Crippen molar-refractivity contribution in [3.63, 3.8) is 0 Å². The number of aromatic nitrogens is 2. The highest BCUT2D eigenvalue weighted by molar-refractivity contribution is 7.99. The summed E-state index contributed by atoms with van der Waals surface area (Å²) in [5.41, 5.74) is -0.112. The molecule has 0 aromatic carbocycles. The Morgan fingerprint density at radius 1 is 1.31 bits per heavy atom. The molecule has 1 aromatic heterocycles. The molecule has 5 nitrogen and oxygen atoms in total. The highest BCUT2D eigenvalue weighted by Gasteiger charge is 2.21. The van der Waals surface area contributed by atoms with Crippen molar-refractivity contribution < 1.29 is 14.3 Å². The van der Waals surface area contributed by atoms with Gasteiger partial charge >= 0.3 is 0 Å². The first-order valence-electron chi connectivity index (χ1n) is 5.19. The minimum absolute atomic E-state index is 0.0550. The normalized spacial score (nSPS) is 12.0. The predicted octanol–water partition coefficient (Wildman–Crippen LogP) is 1.47. The summed E-state index contributed by atoms with van der Waals surface area (Å²) < 4.78 is 10.6. The highest BCUT2D eigenvalue weighted by Crippen LogP contribution is 2.24. The van der Waals surface area contributed by atoms with Crippen molar-refractivity contribution >= 4 is 11.8 Å². The van der Waals surface area contributed by atoms with Gasteiger partial charge in [0.15, 0.2) is 0 Å². The summed E-state index contributed by atoms with van der Waals surface area (Å²) in [6.45, 7) is 7.08. The van der Waals surface area contributed by atoms with Crippen LogP contribution in [0.25, 0.3) is 0 Å². The Morgan fingerprint density at radius 3 is 2.62 bits per heavy atom. The molecule has 0 fully saturated rings. The van der Waals surface area contributed by atoms with Crippen LogP contribution in [0.15, 0.2) is 9.64 Å². The minimum atomic E-state index is -0.112. The zero-order chi connectivity index (χ0) is 12.0. The van der Waals surface area contributed by atoms with Crippen molar-refractivity contribution in [2.75, 3.05) is 25.6 Å². The van der Waals surface area contributed by atoms with E-state index in [1.807, 2.05) is 20.8 Å². The number of hydrogen-bond donors (Lipinski definition) is 1. The Hall–Kier alpha value is -0.590. The highest BCUT2D eigenvalue weighted by atomic mass is 32.2. The molecule has 1 N–H and O–H groups in total. The lowest BCUT2D eigenvalue weighted by molar-refractivity contribution is 0.103. The zero-order valence-electron chi connectivity index (χ0n) is 9.89. The molecule has 0 spiro atoms. The average Bonchev–Trinajstić information content (AvgIpc) is 2.65.